The van der Waals surface area contributed by atoms with Crippen molar-refractivity contribution in [3.8, 4) is 11.3 Å². The number of hydrogen-bond acceptors (Lipinski definition) is 5. The van der Waals surface area contributed by atoms with Crippen LogP contribution in [0.1, 0.15) is 19.4 Å². The monoisotopic (exact) mass is 363 g/mol. The molecular weight excluding hydrogens is 338 g/mol. The van der Waals surface area contributed by atoms with Gasteiger partial charge < -0.3 is 10.4 Å². The Morgan fingerprint density at radius 2 is 1.92 bits per heavy atom. The van der Waals surface area contributed by atoms with Crippen LogP contribution in [0.3, 0.4) is 0 Å². The van der Waals surface area contributed by atoms with Gasteiger partial charge in [-0.3, -0.25) is 4.98 Å². The normalized spacial score (nSPS) is 13.2. The molecule has 1 aromatic carbocycles. The number of benzene rings is 1. The van der Waals surface area contributed by atoms with E-state index in [9.17, 15) is 13.5 Å². The van der Waals surface area contributed by atoms with E-state index in [2.05, 4.69) is 15.0 Å². The summed E-state index contributed by atoms with van der Waals surface area (Å²) in [5, 5.41) is 12.8. The van der Waals surface area contributed by atoms with Gasteiger partial charge in [0.1, 0.15) is 0 Å². The van der Waals surface area contributed by atoms with Crippen LogP contribution in [0.15, 0.2) is 47.5 Å². The molecule has 0 unspecified atom stereocenters. The molecular formula is C18H25N3O3S. The Kier molecular flexibility index (Phi) is 6.66. The molecule has 0 amide bonds. The number of hydrogen-bond donors (Lipinski definition) is 3. The summed E-state index contributed by atoms with van der Waals surface area (Å²) >= 11 is 0. The van der Waals surface area contributed by atoms with Crippen molar-refractivity contribution >= 4 is 10.0 Å². The molecule has 1 atom stereocenters. The van der Waals surface area contributed by atoms with Gasteiger partial charge in [-0.1, -0.05) is 32.0 Å². The highest BCUT2D eigenvalue weighted by Gasteiger charge is 2.21. The summed E-state index contributed by atoms with van der Waals surface area (Å²) in [6, 6.07) is 10.6. The molecule has 7 heteroatoms. The third-order valence-electron chi connectivity index (χ3n) is 4.17. The predicted molar refractivity (Wildman–Crippen MR) is 98.5 cm³/mol. The predicted octanol–water partition coefficient (Wildman–Crippen LogP) is 1.76. The number of aromatic nitrogens is 1. The maximum Gasteiger partial charge on any atom is 0.240 e. The third kappa shape index (κ3) is 4.64. The van der Waals surface area contributed by atoms with Crippen LogP contribution in [0.4, 0.5) is 0 Å². The van der Waals surface area contributed by atoms with Gasteiger partial charge in [0.2, 0.25) is 10.0 Å². The lowest BCUT2D eigenvalue weighted by molar-refractivity contribution is 0.210. The minimum absolute atomic E-state index is 0.0163. The Hall–Kier alpha value is -1.80. The minimum Gasteiger partial charge on any atom is -0.395 e. The zero-order chi connectivity index (χ0) is 18.4. The van der Waals surface area contributed by atoms with Gasteiger partial charge in [-0.25, -0.2) is 13.1 Å². The van der Waals surface area contributed by atoms with E-state index in [0.717, 1.165) is 5.56 Å². The fourth-order valence-corrected chi connectivity index (χ4v) is 3.60. The first kappa shape index (κ1) is 19.5. The topological polar surface area (TPSA) is 91.3 Å². The number of rotatable bonds is 8. The maximum atomic E-state index is 12.4. The van der Waals surface area contributed by atoms with Crippen LogP contribution in [0, 0.1) is 5.92 Å². The molecule has 3 N–H and O–H groups in total. The summed E-state index contributed by atoms with van der Waals surface area (Å²) in [7, 11) is -2.22. The molecule has 6 nitrogen and oxygen atoms in total. The summed E-state index contributed by atoms with van der Waals surface area (Å²) in [6.45, 7) is 4.30. The highest BCUT2D eigenvalue weighted by molar-refractivity contribution is 7.89. The number of aliphatic hydroxyl groups is 1. The fraction of sp³-hybridized carbons (Fsp3) is 0.389. The van der Waals surface area contributed by atoms with Crippen LogP contribution in [-0.4, -0.2) is 38.2 Å². The van der Waals surface area contributed by atoms with Crippen LogP contribution in [-0.2, 0) is 16.6 Å². The van der Waals surface area contributed by atoms with E-state index in [1.54, 1.807) is 18.3 Å². The van der Waals surface area contributed by atoms with Gasteiger partial charge in [0, 0.05) is 24.3 Å². The van der Waals surface area contributed by atoms with Crippen molar-refractivity contribution in [3.05, 3.63) is 48.2 Å². The minimum atomic E-state index is -3.61. The van der Waals surface area contributed by atoms with E-state index < -0.39 is 10.0 Å². The standard InChI is InChI=1S/C18H25N3O3S/c1-13(2)17(12-22)21-11-15-14(16-8-4-5-10-20-16)7-6-9-18(15)25(23,24)19-3/h4-10,13,17,19,21-22H,11-12H2,1-3H3/t17-/m0/s1. The Labute approximate surface area is 149 Å². The lowest BCUT2D eigenvalue weighted by Gasteiger charge is -2.22. The lowest BCUT2D eigenvalue weighted by atomic mass is 10.0. The van der Waals surface area contributed by atoms with E-state index in [-0.39, 0.29) is 23.5 Å². The number of nitrogens with zero attached hydrogens (tertiary/aromatic N) is 1. The first-order valence-corrected chi connectivity index (χ1v) is 9.70. The Morgan fingerprint density at radius 3 is 2.48 bits per heavy atom. The van der Waals surface area contributed by atoms with Crippen molar-refractivity contribution in [2.24, 2.45) is 5.92 Å². The second-order valence-electron chi connectivity index (χ2n) is 6.12. The first-order chi connectivity index (χ1) is 11.9. The molecule has 136 valence electrons. The molecule has 2 aromatic rings. The molecule has 0 fully saturated rings. The van der Waals surface area contributed by atoms with Crippen LogP contribution in [0.25, 0.3) is 11.3 Å². The molecule has 1 aromatic heterocycles. The summed E-state index contributed by atoms with van der Waals surface area (Å²) < 4.78 is 27.3. The molecule has 0 aliphatic carbocycles. The summed E-state index contributed by atoms with van der Waals surface area (Å²) in [4.78, 5) is 4.56. The van der Waals surface area contributed by atoms with E-state index in [1.807, 2.05) is 38.1 Å². The molecule has 0 saturated carbocycles. The Balaban J connectivity index is 2.52. The zero-order valence-electron chi connectivity index (χ0n) is 14.7. The lowest BCUT2D eigenvalue weighted by Crippen LogP contribution is -2.37. The van der Waals surface area contributed by atoms with Gasteiger partial charge in [0.15, 0.2) is 0 Å². The van der Waals surface area contributed by atoms with Gasteiger partial charge in [0.25, 0.3) is 0 Å². The van der Waals surface area contributed by atoms with Gasteiger partial charge in [-0.05, 0) is 36.7 Å². The second-order valence-corrected chi connectivity index (χ2v) is 7.97. The van der Waals surface area contributed by atoms with E-state index in [4.69, 9.17) is 0 Å². The second kappa shape index (κ2) is 8.53. The Bertz CT molecular complexity index is 792. The summed E-state index contributed by atoms with van der Waals surface area (Å²) in [5.74, 6) is 0.219. The number of aliphatic hydroxyl groups excluding tert-OH is 1. The molecule has 0 aliphatic rings. The molecule has 0 bridgehead atoms. The summed E-state index contributed by atoms with van der Waals surface area (Å²) in [5.41, 5.74) is 2.09. The third-order valence-corrected chi connectivity index (χ3v) is 5.67. The molecule has 0 spiro atoms. The smallest absolute Gasteiger partial charge is 0.240 e. The van der Waals surface area contributed by atoms with Crippen LogP contribution in [0.2, 0.25) is 0 Å². The van der Waals surface area contributed by atoms with Gasteiger partial charge in [0.05, 0.1) is 17.2 Å². The first-order valence-electron chi connectivity index (χ1n) is 8.21. The van der Waals surface area contributed by atoms with E-state index in [1.165, 1.54) is 7.05 Å². The van der Waals surface area contributed by atoms with Crippen molar-refractivity contribution in [3.63, 3.8) is 0 Å². The van der Waals surface area contributed by atoms with Crippen molar-refractivity contribution in [2.45, 2.75) is 31.3 Å². The van der Waals surface area contributed by atoms with Gasteiger partial charge in [-0.15, -0.1) is 0 Å². The van der Waals surface area contributed by atoms with E-state index >= 15 is 0 Å². The zero-order valence-corrected chi connectivity index (χ0v) is 15.5. The average Bonchev–Trinajstić information content (AvgIpc) is 2.62. The quantitative estimate of drug-likeness (QED) is 0.665. The number of pyridine rings is 1. The van der Waals surface area contributed by atoms with Crippen molar-refractivity contribution in [2.75, 3.05) is 13.7 Å². The highest BCUT2D eigenvalue weighted by atomic mass is 32.2. The molecule has 0 saturated heterocycles. The number of sulfonamides is 1. The van der Waals surface area contributed by atoms with Crippen molar-refractivity contribution in [1.29, 1.82) is 0 Å². The van der Waals surface area contributed by atoms with Crippen LogP contribution < -0.4 is 10.0 Å². The SMILES string of the molecule is CNS(=O)(=O)c1cccc(-c2ccccn2)c1CN[C@@H](CO)C(C)C. The molecule has 1 heterocycles. The maximum absolute atomic E-state index is 12.4. The number of nitrogens with one attached hydrogen (secondary N) is 2. The molecule has 2 rings (SSSR count). The van der Waals surface area contributed by atoms with Crippen molar-refractivity contribution in [1.82, 2.24) is 15.0 Å². The molecule has 0 aliphatic heterocycles. The largest absolute Gasteiger partial charge is 0.395 e. The Morgan fingerprint density at radius 1 is 1.16 bits per heavy atom. The van der Waals surface area contributed by atoms with Crippen LogP contribution >= 0.6 is 0 Å². The fourth-order valence-electron chi connectivity index (χ4n) is 2.62. The molecule has 25 heavy (non-hydrogen) atoms. The highest BCUT2D eigenvalue weighted by Crippen LogP contribution is 2.27. The van der Waals surface area contributed by atoms with Crippen molar-refractivity contribution < 1.29 is 13.5 Å². The van der Waals surface area contributed by atoms with Crippen LogP contribution in [0.5, 0.6) is 0 Å². The molecule has 0 radical (unpaired) electrons. The van der Waals surface area contributed by atoms with E-state index in [0.29, 0.717) is 17.8 Å². The average molecular weight is 363 g/mol. The van der Waals surface area contributed by atoms with Gasteiger partial charge in [-0.2, -0.15) is 0 Å². The summed E-state index contributed by atoms with van der Waals surface area (Å²) in [6.07, 6.45) is 1.68. The van der Waals surface area contributed by atoms with Gasteiger partial charge >= 0.3 is 0 Å².